The van der Waals surface area contributed by atoms with Crippen LogP contribution >= 0.6 is 15.9 Å². The van der Waals surface area contributed by atoms with E-state index in [2.05, 4.69) is 36.3 Å². The Kier molecular flexibility index (Phi) is 3.71. The van der Waals surface area contributed by atoms with Crippen molar-refractivity contribution in [3.05, 3.63) is 10.9 Å². The van der Waals surface area contributed by atoms with Crippen molar-refractivity contribution in [3.63, 3.8) is 0 Å². The maximum Gasteiger partial charge on any atom is 0.223 e. The number of carbonyl (C=O) groups excluding carboxylic acids is 1. The van der Waals surface area contributed by atoms with Gasteiger partial charge in [-0.25, -0.2) is 14.6 Å². The van der Waals surface area contributed by atoms with Crippen LogP contribution in [0.3, 0.4) is 0 Å². The molecule has 23 heavy (non-hydrogen) atoms. The summed E-state index contributed by atoms with van der Waals surface area (Å²) in [6.45, 7) is 0. The number of hydrogen-bond acceptors (Lipinski definition) is 5. The highest BCUT2D eigenvalue weighted by Crippen LogP contribution is 2.35. The van der Waals surface area contributed by atoms with Gasteiger partial charge in [0.25, 0.3) is 0 Å². The first-order chi connectivity index (χ1) is 11.1. The normalized spacial score (nSPS) is 24.7. The molecule has 0 unspecified atom stereocenters. The molecule has 0 saturated heterocycles. The SMILES string of the molecule is Nc1ncnc2c1c(Br)nn2C1CCC(NC(=O)C2CC2)CC1. The molecular weight excluding hydrogens is 360 g/mol. The fraction of sp³-hybridized carbons (Fsp3) is 0.600. The molecule has 0 radical (unpaired) electrons. The Morgan fingerprint density at radius 3 is 2.65 bits per heavy atom. The van der Waals surface area contributed by atoms with Gasteiger partial charge in [-0.1, -0.05) is 0 Å². The lowest BCUT2D eigenvalue weighted by molar-refractivity contribution is -0.123. The second kappa shape index (κ2) is 5.74. The number of nitrogens with one attached hydrogen (secondary N) is 1. The lowest BCUT2D eigenvalue weighted by atomic mass is 9.91. The van der Waals surface area contributed by atoms with Crippen molar-refractivity contribution in [2.24, 2.45) is 5.92 Å². The molecule has 8 heteroatoms. The molecule has 0 spiro atoms. The van der Waals surface area contributed by atoms with Crippen LogP contribution in [0.2, 0.25) is 0 Å². The van der Waals surface area contributed by atoms with Gasteiger partial charge in [0, 0.05) is 12.0 Å². The van der Waals surface area contributed by atoms with Crippen LogP contribution in [-0.2, 0) is 4.79 Å². The molecule has 2 fully saturated rings. The number of aromatic nitrogens is 4. The summed E-state index contributed by atoms with van der Waals surface area (Å²) in [7, 11) is 0. The van der Waals surface area contributed by atoms with E-state index in [1.54, 1.807) is 0 Å². The van der Waals surface area contributed by atoms with Crippen molar-refractivity contribution < 1.29 is 4.79 Å². The van der Waals surface area contributed by atoms with Gasteiger partial charge in [-0.15, -0.1) is 0 Å². The van der Waals surface area contributed by atoms with Crippen molar-refractivity contribution in [2.75, 3.05) is 5.73 Å². The van der Waals surface area contributed by atoms with E-state index < -0.39 is 0 Å². The lowest BCUT2D eigenvalue weighted by Gasteiger charge is -2.29. The summed E-state index contributed by atoms with van der Waals surface area (Å²) in [4.78, 5) is 20.3. The first kappa shape index (κ1) is 14.9. The number of nitrogens with two attached hydrogens (primary N) is 1. The van der Waals surface area contributed by atoms with E-state index in [-0.39, 0.29) is 17.9 Å². The van der Waals surface area contributed by atoms with Gasteiger partial charge in [-0.05, 0) is 54.5 Å². The topological polar surface area (TPSA) is 98.7 Å². The summed E-state index contributed by atoms with van der Waals surface area (Å²) in [6, 6.07) is 0.580. The molecule has 7 nitrogen and oxygen atoms in total. The summed E-state index contributed by atoms with van der Waals surface area (Å²) < 4.78 is 2.64. The second-order valence-electron chi connectivity index (χ2n) is 6.48. The molecule has 2 aromatic heterocycles. The third kappa shape index (κ3) is 2.80. The summed E-state index contributed by atoms with van der Waals surface area (Å²) in [5.74, 6) is 0.957. The predicted molar refractivity (Wildman–Crippen MR) is 89.6 cm³/mol. The molecule has 3 N–H and O–H groups in total. The van der Waals surface area contributed by atoms with E-state index in [9.17, 15) is 4.79 Å². The van der Waals surface area contributed by atoms with E-state index in [0.717, 1.165) is 49.6 Å². The molecule has 2 heterocycles. The summed E-state index contributed by atoms with van der Waals surface area (Å²) in [5.41, 5.74) is 6.70. The Balaban J connectivity index is 1.48. The zero-order valence-corrected chi connectivity index (χ0v) is 14.3. The number of nitrogen functional groups attached to an aromatic ring is 1. The Hall–Kier alpha value is -1.70. The van der Waals surface area contributed by atoms with Crippen molar-refractivity contribution in [1.29, 1.82) is 0 Å². The number of carbonyl (C=O) groups is 1. The molecule has 1 amide bonds. The summed E-state index contributed by atoms with van der Waals surface area (Å²) in [5, 5.41) is 8.52. The Morgan fingerprint density at radius 2 is 1.96 bits per heavy atom. The number of rotatable bonds is 3. The van der Waals surface area contributed by atoms with E-state index in [0.29, 0.717) is 16.5 Å². The number of halogens is 1. The number of fused-ring (bicyclic) bond motifs is 1. The average molecular weight is 379 g/mol. The fourth-order valence-corrected chi connectivity index (χ4v) is 3.89. The van der Waals surface area contributed by atoms with Gasteiger partial charge in [0.2, 0.25) is 5.91 Å². The number of nitrogens with zero attached hydrogens (tertiary/aromatic N) is 4. The van der Waals surface area contributed by atoms with E-state index in [1.165, 1.54) is 6.33 Å². The first-order valence-corrected chi connectivity index (χ1v) is 8.87. The van der Waals surface area contributed by atoms with Gasteiger partial charge >= 0.3 is 0 Å². The van der Waals surface area contributed by atoms with Crippen molar-refractivity contribution >= 4 is 38.7 Å². The van der Waals surface area contributed by atoms with Crippen molar-refractivity contribution in [1.82, 2.24) is 25.1 Å². The van der Waals surface area contributed by atoms with Gasteiger partial charge < -0.3 is 11.1 Å². The van der Waals surface area contributed by atoms with Crippen LogP contribution in [0.25, 0.3) is 11.0 Å². The van der Waals surface area contributed by atoms with E-state index in [4.69, 9.17) is 5.73 Å². The summed E-state index contributed by atoms with van der Waals surface area (Å²) in [6.07, 6.45) is 7.48. The number of hydrogen-bond donors (Lipinski definition) is 2. The average Bonchev–Trinajstić information content (AvgIpc) is 3.33. The highest BCUT2D eigenvalue weighted by atomic mass is 79.9. The molecule has 2 aromatic rings. The Bertz CT molecular complexity index is 748. The molecule has 2 aliphatic carbocycles. The van der Waals surface area contributed by atoms with Crippen molar-refractivity contribution in [3.8, 4) is 0 Å². The molecule has 0 aromatic carbocycles. The molecule has 0 bridgehead atoms. The standard InChI is InChI=1S/C15H19BrN6O/c16-12-11-13(17)18-7-19-14(11)22(21-12)10-5-3-9(4-6-10)20-15(23)8-1-2-8/h7-10H,1-6H2,(H,20,23)(H2,17,18,19). The van der Waals surface area contributed by atoms with Crippen LogP contribution in [0.1, 0.15) is 44.6 Å². The van der Waals surface area contributed by atoms with Gasteiger partial charge in [0.15, 0.2) is 5.65 Å². The highest BCUT2D eigenvalue weighted by Gasteiger charge is 2.32. The van der Waals surface area contributed by atoms with Crippen molar-refractivity contribution in [2.45, 2.75) is 50.6 Å². The molecule has 2 aliphatic rings. The molecule has 0 atom stereocenters. The van der Waals surface area contributed by atoms with Crippen LogP contribution in [0.4, 0.5) is 5.82 Å². The summed E-state index contributed by atoms with van der Waals surface area (Å²) >= 11 is 3.45. The van der Waals surface area contributed by atoms with Crippen LogP contribution in [0.5, 0.6) is 0 Å². The minimum absolute atomic E-state index is 0.237. The number of anilines is 1. The van der Waals surface area contributed by atoms with Gasteiger partial charge in [-0.3, -0.25) is 4.79 Å². The quantitative estimate of drug-likeness (QED) is 0.852. The Labute approximate surface area is 142 Å². The van der Waals surface area contributed by atoms with Gasteiger partial charge in [0.05, 0.1) is 11.4 Å². The molecule has 0 aliphatic heterocycles. The molecule has 4 rings (SSSR count). The third-order valence-corrected chi connectivity index (χ3v) is 5.37. The first-order valence-electron chi connectivity index (χ1n) is 8.08. The second-order valence-corrected chi connectivity index (χ2v) is 7.23. The highest BCUT2D eigenvalue weighted by molar-refractivity contribution is 9.10. The maximum atomic E-state index is 11.9. The van der Waals surface area contributed by atoms with Crippen LogP contribution in [-0.4, -0.2) is 31.7 Å². The van der Waals surface area contributed by atoms with Gasteiger partial charge in [-0.2, -0.15) is 5.10 Å². The molecule has 122 valence electrons. The van der Waals surface area contributed by atoms with Crippen LogP contribution in [0.15, 0.2) is 10.9 Å². The Morgan fingerprint density at radius 1 is 1.22 bits per heavy atom. The van der Waals surface area contributed by atoms with E-state index in [1.807, 2.05) is 4.68 Å². The largest absolute Gasteiger partial charge is 0.383 e. The fourth-order valence-electron chi connectivity index (χ4n) is 3.34. The molecular formula is C15H19BrN6O. The third-order valence-electron chi connectivity index (χ3n) is 4.81. The zero-order chi connectivity index (χ0) is 16.0. The lowest BCUT2D eigenvalue weighted by Crippen LogP contribution is -2.38. The monoisotopic (exact) mass is 378 g/mol. The van der Waals surface area contributed by atoms with Gasteiger partial charge in [0.1, 0.15) is 16.7 Å². The minimum atomic E-state index is 0.237. The van der Waals surface area contributed by atoms with E-state index >= 15 is 0 Å². The smallest absolute Gasteiger partial charge is 0.223 e. The van der Waals surface area contributed by atoms with Crippen LogP contribution in [0, 0.1) is 5.92 Å². The number of amides is 1. The molecule has 2 saturated carbocycles. The predicted octanol–water partition coefficient (Wildman–Crippen LogP) is 2.18. The zero-order valence-electron chi connectivity index (χ0n) is 12.7. The minimum Gasteiger partial charge on any atom is -0.383 e. The van der Waals surface area contributed by atoms with Crippen LogP contribution < -0.4 is 11.1 Å². The maximum absolute atomic E-state index is 11.9.